The van der Waals surface area contributed by atoms with Gasteiger partial charge < -0.3 is 14.6 Å². The Morgan fingerprint density at radius 2 is 2.14 bits per heavy atom. The van der Waals surface area contributed by atoms with Crippen LogP contribution in [0.1, 0.15) is 43.8 Å². The minimum absolute atomic E-state index is 0.370. The van der Waals surface area contributed by atoms with Gasteiger partial charge in [0, 0.05) is 24.8 Å². The molecule has 1 aromatic rings. The van der Waals surface area contributed by atoms with Crippen LogP contribution in [0.2, 0.25) is 0 Å². The van der Waals surface area contributed by atoms with Gasteiger partial charge >= 0.3 is 0 Å². The molecule has 0 saturated carbocycles. The normalized spacial score (nSPS) is 23.5. The van der Waals surface area contributed by atoms with Crippen molar-refractivity contribution in [2.24, 2.45) is 0 Å². The first kappa shape index (κ1) is 16.0. The minimum atomic E-state index is 0.370. The van der Waals surface area contributed by atoms with Gasteiger partial charge in [0.2, 0.25) is 0 Å². The smallest absolute Gasteiger partial charge is 0.191 e. The first-order chi connectivity index (χ1) is 10.9. The van der Waals surface area contributed by atoms with Crippen LogP contribution in [0.3, 0.4) is 0 Å². The number of aromatic nitrogens is 3. The zero-order chi connectivity index (χ0) is 15.2. The molecular weight excluding hydrogens is 296 g/mol. The topological polar surface area (TPSA) is 52.0 Å². The molecule has 0 aliphatic carbocycles. The maximum Gasteiger partial charge on any atom is 0.191 e. The zero-order valence-electron chi connectivity index (χ0n) is 13.2. The Hall–Kier alpha value is -0.850. The molecule has 3 heterocycles. The van der Waals surface area contributed by atoms with Crippen molar-refractivity contribution in [3.63, 3.8) is 0 Å². The van der Waals surface area contributed by atoms with E-state index < -0.39 is 0 Å². The van der Waals surface area contributed by atoms with E-state index in [1.54, 1.807) is 11.8 Å². The molecule has 2 aliphatic rings. The minimum Gasteiger partial charge on any atom is -0.377 e. The van der Waals surface area contributed by atoms with Gasteiger partial charge in [-0.3, -0.25) is 0 Å². The summed E-state index contributed by atoms with van der Waals surface area (Å²) in [6.07, 6.45) is 8.25. The van der Waals surface area contributed by atoms with E-state index in [2.05, 4.69) is 26.7 Å². The predicted octanol–water partition coefficient (Wildman–Crippen LogP) is 2.59. The first-order valence-corrected chi connectivity index (χ1v) is 9.36. The summed E-state index contributed by atoms with van der Waals surface area (Å²) < 4.78 is 8.06. The van der Waals surface area contributed by atoms with Crippen molar-refractivity contribution < 1.29 is 4.74 Å². The lowest BCUT2D eigenvalue weighted by Gasteiger charge is -2.23. The standard InChI is InChI=1S/C16H26N4OS/c1-2-10-20-15(13-6-8-17-9-7-13)18-19-16(20)22-12-14-5-3-4-11-21-14/h2,13-14,17H,1,3-12H2. The summed E-state index contributed by atoms with van der Waals surface area (Å²) in [5, 5.41) is 13.4. The molecule has 1 N–H and O–H groups in total. The molecule has 1 aromatic heterocycles. The fourth-order valence-corrected chi connectivity index (χ4v) is 4.22. The van der Waals surface area contributed by atoms with Crippen LogP contribution < -0.4 is 5.32 Å². The molecule has 22 heavy (non-hydrogen) atoms. The maximum atomic E-state index is 5.82. The van der Waals surface area contributed by atoms with E-state index in [1.165, 1.54) is 19.3 Å². The molecule has 6 heteroatoms. The Morgan fingerprint density at radius 1 is 1.27 bits per heavy atom. The van der Waals surface area contributed by atoms with Crippen molar-refractivity contribution in [3.05, 3.63) is 18.5 Å². The first-order valence-electron chi connectivity index (χ1n) is 8.37. The number of hydrogen-bond donors (Lipinski definition) is 1. The molecule has 2 saturated heterocycles. The van der Waals surface area contributed by atoms with E-state index >= 15 is 0 Å². The number of allylic oxidation sites excluding steroid dienone is 1. The fraction of sp³-hybridized carbons (Fsp3) is 0.750. The Kier molecular flexibility index (Phi) is 5.92. The van der Waals surface area contributed by atoms with Crippen molar-refractivity contribution >= 4 is 11.8 Å². The SMILES string of the molecule is C=CCn1c(SCC2CCCCO2)nnc1C1CCNCC1. The van der Waals surface area contributed by atoms with Crippen molar-refractivity contribution in [3.8, 4) is 0 Å². The van der Waals surface area contributed by atoms with E-state index in [0.29, 0.717) is 12.0 Å². The number of hydrogen-bond acceptors (Lipinski definition) is 5. The molecule has 5 nitrogen and oxygen atoms in total. The quantitative estimate of drug-likeness (QED) is 0.644. The summed E-state index contributed by atoms with van der Waals surface area (Å²) in [7, 11) is 0. The van der Waals surface area contributed by atoms with Crippen molar-refractivity contribution in [2.75, 3.05) is 25.4 Å². The lowest BCUT2D eigenvalue weighted by atomic mass is 9.97. The monoisotopic (exact) mass is 322 g/mol. The summed E-state index contributed by atoms with van der Waals surface area (Å²) in [5.41, 5.74) is 0. The Morgan fingerprint density at radius 3 is 2.86 bits per heavy atom. The average molecular weight is 322 g/mol. The van der Waals surface area contributed by atoms with Crippen LogP contribution >= 0.6 is 11.8 Å². The molecule has 3 rings (SSSR count). The van der Waals surface area contributed by atoms with Crippen LogP contribution in [0, 0.1) is 0 Å². The second kappa shape index (κ2) is 8.13. The van der Waals surface area contributed by atoms with E-state index in [9.17, 15) is 0 Å². The Bertz CT molecular complexity index is 478. The fourth-order valence-electron chi connectivity index (χ4n) is 3.20. The number of rotatable bonds is 6. The molecule has 0 amide bonds. The lowest BCUT2D eigenvalue weighted by molar-refractivity contribution is 0.0315. The Balaban J connectivity index is 1.67. The molecule has 1 atom stereocenters. The molecular formula is C16H26N4OS. The van der Waals surface area contributed by atoms with Gasteiger partial charge in [0.25, 0.3) is 0 Å². The number of nitrogens with one attached hydrogen (secondary N) is 1. The molecule has 0 spiro atoms. The summed E-state index contributed by atoms with van der Waals surface area (Å²) in [5.74, 6) is 2.63. The van der Waals surface area contributed by atoms with Crippen molar-refractivity contribution in [1.82, 2.24) is 20.1 Å². The van der Waals surface area contributed by atoms with Crippen LogP contribution in [0.25, 0.3) is 0 Å². The number of piperidine rings is 1. The van der Waals surface area contributed by atoms with Gasteiger partial charge in [-0.15, -0.1) is 16.8 Å². The molecule has 0 radical (unpaired) electrons. The average Bonchev–Trinajstić information content (AvgIpc) is 2.98. The van der Waals surface area contributed by atoms with Crippen LogP contribution in [-0.2, 0) is 11.3 Å². The van der Waals surface area contributed by atoms with E-state index in [1.807, 2.05) is 6.08 Å². The van der Waals surface area contributed by atoms with E-state index in [0.717, 1.165) is 55.8 Å². The van der Waals surface area contributed by atoms with Gasteiger partial charge in [-0.05, 0) is 45.2 Å². The highest BCUT2D eigenvalue weighted by Crippen LogP contribution is 2.28. The van der Waals surface area contributed by atoms with Gasteiger partial charge in [0.05, 0.1) is 6.10 Å². The predicted molar refractivity (Wildman–Crippen MR) is 89.4 cm³/mol. The maximum absolute atomic E-state index is 5.82. The number of nitrogens with zero attached hydrogens (tertiary/aromatic N) is 3. The van der Waals surface area contributed by atoms with Crippen LogP contribution in [-0.4, -0.2) is 46.3 Å². The third kappa shape index (κ3) is 3.91. The van der Waals surface area contributed by atoms with Gasteiger partial charge in [0.15, 0.2) is 5.16 Å². The molecule has 1 unspecified atom stereocenters. The second-order valence-electron chi connectivity index (χ2n) is 6.06. The summed E-state index contributed by atoms with van der Waals surface area (Å²) >= 11 is 1.78. The highest BCUT2D eigenvalue weighted by Gasteiger charge is 2.23. The Labute approximate surface area is 136 Å². The summed E-state index contributed by atoms with van der Waals surface area (Å²) in [6.45, 7) is 7.74. The third-order valence-corrected chi connectivity index (χ3v) is 5.53. The summed E-state index contributed by atoms with van der Waals surface area (Å²) in [6, 6.07) is 0. The van der Waals surface area contributed by atoms with Crippen LogP contribution in [0.5, 0.6) is 0 Å². The highest BCUT2D eigenvalue weighted by atomic mass is 32.2. The third-order valence-electron chi connectivity index (χ3n) is 4.43. The molecule has 0 bridgehead atoms. The van der Waals surface area contributed by atoms with Gasteiger partial charge in [-0.1, -0.05) is 17.8 Å². The van der Waals surface area contributed by atoms with E-state index in [-0.39, 0.29) is 0 Å². The molecule has 122 valence electrons. The van der Waals surface area contributed by atoms with Gasteiger partial charge in [0.1, 0.15) is 5.82 Å². The van der Waals surface area contributed by atoms with Crippen LogP contribution in [0.4, 0.5) is 0 Å². The van der Waals surface area contributed by atoms with Crippen LogP contribution in [0.15, 0.2) is 17.8 Å². The highest BCUT2D eigenvalue weighted by molar-refractivity contribution is 7.99. The summed E-state index contributed by atoms with van der Waals surface area (Å²) in [4.78, 5) is 0. The second-order valence-corrected chi connectivity index (χ2v) is 7.05. The zero-order valence-corrected chi connectivity index (χ0v) is 14.0. The van der Waals surface area contributed by atoms with Crippen molar-refractivity contribution in [2.45, 2.75) is 55.8 Å². The molecule has 0 aromatic carbocycles. The van der Waals surface area contributed by atoms with Gasteiger partial charge in [-0.2, -0.15) is 0 Å². The van der Waals surface area contributed by atoms with E-state index in [4.69, 9.17) is 4.74 Å². The largest absolute Gasteiger partial charge is 0.377 e. The number of ether oxygens (including phenoxy) is 1. The number of thioether (sulfide) groups is 1. The molecule has 2 aliphatic heterocycles. The lowest BCUT2D eigenvalue weighted by Crippen LogP contribution is -2.28. The van der Waals surface area contributed by atoms with Crippen molar-refractivity contribution in [1.29, 1.82) is 0 Å². The molecule has 2 fully saturated rings. The van der Waals surface area contributed by atoms with Gasteiger partial charge in [-0.25, -0.2) is 0 Å².